The molecule has 0 saturated carbocycles. The van der Waals surface area contributed by atoms with Gasteiger partial charge in [0.15, 0.2) is 0 Å². The van der Waals surface area contributed by atoms with Crippen molar-refractivity contribution in [1.29, 1.82) is 0 Å². The number of fused-ring (bicyclic) bond motifs is 1. The predicted octanol–water partition coefficient (Wildman–Crippen LogP) is 5.07. The number of hydrogen-bond donors (Lipinski definition) is 1. The smallest absolute Gasteiger partial charge is 0.335 e. The first-order valence-corrected chi connectivity index (χ1v) is 9.75. The van der Waals surface area contributed by atoms with Gasteiger partial charge in [-0.1, -0.05) is 23.2 Å². The minimum absolute atomic E-state index is 0.0344. The van der Waals surface area contributed by atoms with Crippen molar-refractivity contribution < 1.29 is 27.9 Å². The third kappa shape index (κ3) is 3.57. The summed E-state index contributed by atoms with van der Waals surface area (Å²) in [6.07, 6.45) is 0.961. The highest BCUT2D eigenvalue weighted by Gasteiger charge is 2.44. The third-order valence-electron chi connectivity index (χ3n) is 4.97. The van der Waals surface area contributed by atoms with Crippen LogP contribution in [0.25, 0.3) is 5.69 Å². The highest BCUT2D eigenvalue weighted by atomic mass is 35.5. The summed E-state index contributed by atoms with van der Waals surface area (Å²) in [7, 11) is 0. The zero-order valence-corrected chi connectivity index (χ0v) is 17.0. The molecule has 4 rings (SSSR count). The summed E-state index contributed by atoms with van der Waals surface area (Å²) < 4.78 is 45.1. The summed E-state index contributed by atoms with van der Waals surface area (Å²) in [4.78, 5) is 28.0. The Morgan fingerprint density at radius 2 is 1.94 bits per heavy atom. The van der Waals surface area contributed by atoms with E-state index in [2.05, 4.69) is 10.1 Å². The number of benzene rings is 1. The number of aromatic nitrogens is 3. The molecule has 1 N–H and O–H groups in total. The van der Waals surface area contributed by atoms with E-state index >= 15 is 0 Å². The van der Waals surface area contributed by atoms with Gasteiger partial charge in [-0.2, -0.15) is 13.9 Å². The van der Waals surface area contributed by atoms with E-state index in [1.165, 1.54) is 12.3 Å². The number of pyridine rings is 1. The second kappa shape index (κ2) is 7.65. The number of carboxylic acid groups (broad SMARTS) is 1. The summed E-state index contributed by atoms with van der Waals surface area (Å²) >= 11 is 12.1. The molecule has 2 heterocycles. The van der Waals surface area contributed by atoms with Gasteiger partial charge in [0.2, 0.25) is 5.78 Å². The number of ketones is 1. The molecule has 0 atom stereocenters. The molecule has 31 heavy (non-hydrogen) atoms. The lowest BCUT2D eigenvalue weighted by atomic mass is 9.90. The van der Waals surface area contributed by atoms with Gasteiger partial charge in [0, 0.05) is 18.2 Å². The van der Waals surface area contributed by atoms with Crippen molar-refractivity contribution in [2.24, 2.45) is 0 Å². The maximum absolute atomic E-state index is 14.9. The van der Waals surface area contributed by atoms with Crippen LogP contribution < -0.4 is 0 Å². The molecule has 0 spiro atoms. The van der Waals surface area contributed by atoms with Crippen molar-refractivity contribution in [3.63, 3.8) is 0 Å². The quantitative estimate of drug-likeness (QED) is 0.425. The Bertz CT molecular complexity index is 1220. The number of carbonyl (C=O) groups excluding carboxylic acids is 1. The van der Waals surface area contributed by atoms with Crippen LogP contribution in [-0.4, -0.2) is 31.6 Å². The van der Waals surface area contributed by atoms with Crippen LogP contribution in [-0.2, 0) is 12.3 Å². The maximum Gasteiger partial charge on any atom is 0.335 e. The van der Waals surface area contributed by atoms with E-state index in [0.717, 1.165) is 12.1 Å². The van der Waals surface area contributed by atoms with Gasteiger partial charge in [-0.25, -0.2) is 18.9 Å². The Morgan fingerprint density at radius 1 is 1.19 bits per heavy atom. The van der Waals surface area contributed by atoms with Gasteiger partial charge in [0.25, 0.3) is 5.92 Å². The maximum atomic E-state index is 14.9. The first-order chi connectivity index (χ1) is 14.6. The molecule has 3 aromatic rings. The van der Waals surface area contributed by atoms with E-state index in [-0.39, 0.29) is 45.4 Å². The van der Waals surface area contributed by atoms with Gasteiger partial charge in [0.1, 0.15) is 28.0 Å². The Kier molecular flexibility index (Phi) is 5.26. The van der Waals surface area contributed by atoms with Crippen LogP contribution >= 0.6 is 23.2 Å². The van der Waals surface area contributed by atoms with Gasteiger partial charge in [-0.15, -0.1) is 0 Å². The van der Waals surface area contributed by atoms with Crippen molar-refractivity contribution in [3.8, 4) is 5.69 Å². The molecule has 0 saturated heterocycles. The summed E-state index contributed by atoms with van der Waals surface area (Å²) in [6, 6.07) is 4.10. The zero-order chi connectivity index (χ0) is 22.5. The molecule has 0 bridgehead atoms. The standard InChI is InChI=1S/C20H12Cl2F3N3O3/c21-11-5-7-26-18(22)14(11)16(29)15-10-2-1-6-20(24,25)17(10)28(27-15)13-4-3-9(19(30)31)8-12(13)23/h3-5,7-8H,1-2,6H2,(H,30,31). The van der Waals surface area contributed by atoms with E-state index in [4.69, 9.17) is 28.3 Å². The minimum Gasteiger partial charge on any atom is -0.478 e. The van der Waals surface area contributed by atoms with Crippen LogP contribution in [0.15, 0.2) is 30.5 Å². The average molecular weight is 470 g/mol. The molecule has 6 nitrogen and oxygen atoms in total. The van der Waals surface area contributed by atoms with Crippen molar-refractivity contribution in [2.75, 3.05) is 0 Å². The molecule has 1 aliphatic carbocycles. The average Bonchev–Trinajstić information content (AvgIpc) is 3.08. The van der Waals surface area contributed by atoms with E-state index in [0.29, 0.717) is 10.7 Å². The van der Waals surface area contributed by atoms with Crippen molar-refractivity contribution >= 4 is 35.0 Å². The zero-order valence-electron chi connectivity index (χ0n) is 15.5. The second-order valence-electron chi connectivity index (χ2n) is 6.90. The largest absolute Gasteiger partial charge is 0.478 e. The first-order valence-electron chi connectivity index (χ1n) is 9.00. The normalized spacial score (nSPS) is 14.9. The van der Waals surface area contributed by atoms with Crippen molar-refractivity contribution in [2.45, 2.75) is 25.2 Å². The van der Waals surface area contributed by atoms with Gasteiger partial charge in [-0.05, 0) is 37.1 Å². The van der Waals surface area contributed by atoms with Crippen LogP contribution in [0.5, 0.6) is 0 Å². The molecule has 1 aromatic carbocycles. The molecule has 160 valence electrons. The number of halogens is 5. The van der Waals surface area contributed by atoms with E-state index in [1.807, 2.05) is 0 Å². The van der Waals surface area contributed by atoms with Crippen LogP contribution in [0.3, 0.4) is 0 Å². The van der Waals surface area contributed by atoms with Crippen LogP contribution in [0.2, 0.25) is 10.2 Å². The van der Waals surface area contributed by atoms with Crippen molar-refractivity contribution in [1.82, 2.24) is 14.8 Å². The molecular formula is C20H12Cl2F3N3O3. The lowest BCUT2D eigenvalue weighted by molar-refractivity contribution is -0.0283. The minimum atomic E-state index is -3.39. The second-order valence-corrected chi connectivity index (χ2v) is 7.67. The number of nitrogens with zero attached hydrogens (tertiary/aromatic N) is 3. The molecule has 2 aromatic heterocycles. The summed E-state index contributed by atoms with van der Waals surface area (Å²) in [6.45, 7) is 0. The lowest BCUT2D eigenvalue weighted by Gasteiger charge is -2.24. The van der Waals surface area contributed by atoms with Gasteiger partial charge >= 0.3 is 5.97 Å². The Labute approximate surface area is 183 Å². The first kappa shape index (κ1) is 21.3. The molecular weight excluding hydrogens is 458 g/mol. The van der Waals surface area contributed by atoms with E-state index in [1.54, 1.807) is 0 Å². The van der Waals surface area contributed by atoms with Crippen LogP contribution in [0.1, 0.15) is 50.5 Å². The fourth-order valence-corrected chi connectivity index (χ4v) is 4.10. The number of hydrogen-bond acceptors (Lipinski definition) is 4. The number of aromatic carboxylic acids is 1. The number of carboxylic acids is 1. The SMILES string of the molecule is O=C(O)c1ccc(-n2nc(C(=O)c3c(Cl)ccnc3Cl)c3c2C(F)(F)CCC3)c(F)c1. The highest BCUT2D eigenvalue weighted by Crippen LogP contribution is 2.43. The van der Waals surface area contributed by atoms with Crippen molar-refractivity contribution in [3.05, 3.63) is 74.5 Å². The topological polar surface area (TPSA) is 85.1 Å². The van der Waals surface area contributed by atoms with Gasteiger partial charge in [-0.3, -0.25) is 4.79 Å². The Hall–Kier alpha value is -2.91. The lowest BCUT2D eigenvalue weighted by Crippen LogP contribution is -2.25. The molecule has 11 heteroatoms. The van der Waals surface area contributed by atoms with Crippen LogP contribution in [0.4, 0.5) is 13.2 Å². The molecule has 0 unspecified atom stereocenters. The van der Waals surface area contributed by atoms with Gasteiger partial charge in [0.05, 0.1) is 16.1 Å². The monoisotopic (exact) mass is 469 g/mol. The highest BCUT2D eigenvalue weighted by molar-refractivity contribution is 6.40. The summed E-state index contributed by atoms with van der Waals surface area (Å²) in [5, 5.41) is 12.8. The molecule has 0 fully saturated rings. The number of carbonyl (C=O) groups is 2. The van der Waals surface area contributed by atoms with Gasteiger partial charge < -0.3 is 5.11 Å². The third-order valence-corrected chi connectivity index (χ3v) is 5.57. The van der Waals surface area contributed by atoms with E-state index in [9.17, 15) is 22.8 Å². The fraction of sp³-hybridized carbons (Fsp3) is 0.200. The van der Waals surface area contributed by atoms with E-state index < -0.39 is 41.3 Å². The molecule has 0 aliphatic heterocycles. The summed E-state index contributed by atoms with van der Waals surface area (Å²) in [5.74, 6) is -6.67. The Morgan fingerprint density at radius 3 is 2.58 bits per heavy atom. The molecule has 0 radical (unpaired) electrons. The molecule has 0 amide bonds. The fourth-order valence-electron chi connectivity index (χ4n) is 3.57. The number of alkyl halides is 2. The summed E-state index contributed by atoms with van der Waals surface area (Å²) in [5.41, 5.74) is -1.98. The number of rotatable bonds is 4. The molecule has 1 aliphatic rings. The Balaban J connectivity index is 1.96. The predicted molar refractivity (Wildman–Crippen MR) is 105 cm³/mol. The van der Waals surface area contributed by atoms with Crippen LogP contribution in [0, 0.1) is 5.82 Å².